The number of aliphatic imine (C=N–C) groups is 1. The number of nitriles is 1. The monoisotopic (exact) mass is 288 g/mol. The highest BCUT2D eigenvalue weighted by Gasteiger charge is 2.31. The fourth-order valence-electron chi connectivity index (χ4n) is 1.61. The lowest BCUT2D eigenvalue weighted by atomic mass is 10.0. The smallest absolute Gasteiger partial charge is 0.282 e. The van der Waals surface area contributed by atoms with Crippen molar-refractivity contribution >= 4 is 5.71 Å². The molecule has 0 amide bonds. The summed E-state index contributed by atoms with van der Waals surface area (Å²) in [6, 6.07) is 1.75. The van der Waals surface area contributed by atoms with E-state index in [0.717, 1.165) is 19.8 Å². The van der Waals surface area contributed by atoms with Gasteiger partial charge in [0.2, 0.25) is 0 Å². The van der Waals surface area contributed by atoms with Crippen molar-refractivity contribution in [1.82, 2.24) is 0 Å². The molecule has 0 aromatic carbocycles. The lowest BCUT2D eigenvalue weighted by Crippen LogP contribution is -2.21. The number of alkyl halides is 3. The zero-order valence-corrected chi connectivity index (χ0v) is 12.6. The van der Waals surface area contributed by atoms with Crippen molar-refractivity contribution in [3.05, 3.63) is 11.6 Å². The second kappa shape index (κ2) is 8.78. The summed E-state index contributed by atoms with van der Waals surface area (Å²) in [5, 5.41) is 8.96. The number of hydrogen-bond acceptors (Lipinski definition) is 2. The Balaban J connectivity index is 4.31. The molecule has 0 fully saturated rings. The third-order valence-electron chi connectivity index (χ3n) is 2.93. The van der Waals surface area contributed by atoms with Crippen LogP contribution in [0.15, 0.2) is 16.6 Å². The van der Waals surface area contributed by atoms with Crippen LogP contribution < -0.4 is 0 Å². The van der Waals surface area contributed by atoms with Crippen molar-refractivity contribution in [2.45, 2.75) is 65.6 Å². The molecule has 0 radical (unpaired) electrons. The summed E-state index contributed by atoms with van der Waals surface area (Å²) in [6.07, 6.45) is 0.237. The van der Waals surface area contributed by atoms with Crippen LogP contribution in [-0.4, -0.2) is 17.9 Å². The third kappa shape index (κ3) is 8.73. The third-order valence-corrected chi connectivity index (χ3v) is 2.93. The van der Waals surface area contributed by atoms with Crippen molar-refractivity contribution in [3.8, 4) is 6.07 Å². The molecule has 20 heavy (non-hydrogen) atoms. The van der Waals surface area contributed by atoms with E-state index in [1.807, 2.05) is 6.08 Å². The van der Waals surface area contributed by atoms with E-state index in [2.05, 4.69) is 24.9 Å². The van der Waals surface area contributed by atoms with Gasteiger partial charge >= 0.3 is 6.18 Å². The largest absolute Gasteiger partial charge is 0.428 e. The number of rotatable bonds is 7. The summed E-state index contributed by atoms with van der Waals surface area (Å²) < 4.78 is 36.9. The molecule has 0 aliphatic rings. The molecule has 1 unspecified atom stereocenters. The van der Waals surface area contributed by atoms with Gasteiger partial charge < -0.3 is 0 Å². The molecule has 0 aromatic heterocycles. The number of allylic oxidation sites excluding steroid dienone is 2. The Morgan fingerprint density at radius 1 is 1.25 bits per heavy atom. The Labute approximate surface area is 119 Å². The molecule has 2 nitrogen and oxygen atoms in total. The van der Waals surface area contributed by atoms with Gasteiger partial charge in [-0.25, -0.2) is 0 Å². The van der Waals surface area contributed by atoms with E-state index in [0.29, 0.717) is 24.3 Å². The molecule has 1 atom stereocenters. The van der Waals surface area contributed by atoms with Crippen molar-refractivity contribution in [1.29, 1.82) is 5.26 Å². The summed E-state index contributed by atoms with van der Waals surface area (Å²) in [5.74, 6) is 0.532. The normalized spacial score (nSPS) is 15.3. The van der Waals surface area contributed by atoms with E-state index in [4.69, 9.17) is 5.26 Å². The van der Waals surface area contributed by atoms with Crippen LogP contribution in [0, 0.1) is 17.2 Å². The maximum atomic E-state index is 12.3. The van der Waals surface area contributed by atoms with Gasteiger partial charge in [0.15, 0.2) is 0 Å². The van der Waals surface area contributed by atoms with Gasteiger partial charge in [-0.2, -0.15) is 18.4 Å². The lowest BCUT2D eigenvalue weighted by Gasteiger charge is -2.10. The minimum Gasteiger partial charge on any atom is -0.282 e. The van der Waals surface area contributed by atoms with Gasteiger partial charge in [0.25, 0.3) is 0 Å². The van der Waals surface area contributed by atoms with Gasteiger partial charge in [-0.05, 0) is 45.4 Å². The SMILES string of the molecule is CC(=NC(C)CCC=C(C#N)CCC(C)C)C(F)(F)F. The molecule has 0 saturated carbocycles. The van der Waals surface area contributed by atoms with E-state index in [1.54, 1.807) is 6.92 Å². The van der Waals surface area contributed by atoms with Crippen LogP contribution in [0.5, 0.6) is 0 Å². The standard InChI is InChI=1S/C15H23F3N2/c1-11(2)8-9-14(10-19)7-5-6-12(3)20-13(4)15(16,17)18/h7,11-12H,5-6,8-9H2,1-4H3. The summed E-state index contributed by atoms with van der Waals surface area (Å²) in [4.78, 5) is 3.62. The Morgan fingerprint density at radius 3 is 2.30 bits per heavy atom. The van der Waals surface area contributed by atoms with Gasteiger partial charge in [-0.3, -0.25) is 4.99 Å². The summed E-state index contributed by atoms with van der Waals surface area (Å²) in [5.41, 5.74) is -0.0864. The molecule has 0 saturated heterocycles. The first-order valence-corrected chi connectivity index (χ1v) is 6.87. The van der Waals surface area contributed by atoms with Crippen LogP contribution in [0.2, 0.25) is 0 Å². The van der Waals surface area contributed by atoms with Gasteiger partial charge in [-0.1, -0.05) is 19.9 Å². The molecule has 0 bridgehead atoms. The Kier molecular flexibility index (Phi) is 8.21. The van der Waals surface area contributed by atoms with Gasteiger partial charge in [0, 0.05) is 11.6 Å². The second-order valence-corrected chi connectivity index (χ2v) is 5.41. The maximum absolute atomic E-state index is 12.3. The molecule has 0 spiro atoms. The number of nitrogens with zero attached hydrogens (tertiary/aromatic N) is 2. The molecule has 0 heterocycles. The molecular formula is C15H23F3N2. The first-order chi connectivity index (χ1) is 9.16. The molecular weight excluding hydrogens is 265 g/mol. The van der Waals surface area contributed by atoms with Gasteiger partial charge in [-0.15, -0.1) is 0 Å². The predicted octanol–water partition coefficient (Wildman–Crippen LogP) is 5.06. The van der Waals surface area contributed by atoms with Gasteiger partial charge in [0.1, 0.15) is 5.71 Å². The summed E-state index contributed by atoms with van der Waals surface area (Å²) in [7, 11) is 0. The number of hydrogen-bond donors (Lipinski definition) is 0. The fourth-order valence-corrected chi connectivity index (χ4v) is 1.61. The quantitative estimate of drug-likeness (QED) is 0.476. The summed E-state index contributed by atoms with van der Waals surface area (Å²) in [6.45, 7) is 6.82. The van der Waals surface area contributed by atoms with Gasteiger partial charge in [0.05, 0.1) is 6.07 Å². The zero-order chi connectivity index (χ0) is 15.8. The Bertz CT molecular complexity index is 387. The van der Waals surface area contributed by atoms with E-state index >= 15 is 0 Å². The van der Waals surface area contributed by atoms with Crippen molar-refractivity contribution in [3.63, 3.8) is 0 Å². The Hall–Kier alpha value is -1.31. The average Bonchev–Trinajstić information content (AvgIpc) is 2.31. The molecule has 5 heteroatoms. The van der Waals surface area contributed by atoms with Crippen molar-refractivity contribution in [2.75, 3.05) is 0 Å². The molecule has 0 aliphatic heterocycles. The van der Waals surface area contributed by atoms with E-state index in [1.165, 1.54) is 0 Å². The topological polar surface area (TPSA) is 36.1 Å². The minimum atomic E-state index is -4.35. The molecule has 0 rings (SSSR count). The highest BCUT2D eigenvalue weighted by molar-refractivity contribution is 5.87. The maximum Gasteiger partial charge on any atom is 0.428 e. The molecule has 0 N–H and O–H groups in total. The predicted molar refractivity (Wildman–Crippen MR) is 75.6 cm³/mol. The van der Waals surface area contributed by atoms with E-state index < -0.39 is 17.9 Å². The van der Waals surface area contributed by atoms with E-state index in [9.17, 15) is 13.2 Å². The van der Waals surface area contributed by atoms with Crippen LogP contribution >= 0.6 is 0 Å². The van der Waals surface area contributed by atoms with Crippen LogP contribution in [-0.2, 0) is 0 Å². The average molecular weight is 288 g/mol. The zero-order valence-electron chi connectivity index (χ0n) is 12.6. The lowest BCUT2D eigenvalue weighted by molar-refractivity contribution is -0.0595. The van der Waals surface area contributed by atoms with Crippen molar-refractivity contribution < 1.29 is 13.2 Å². The van der Waals surface area contributed by atoms with E-state index in [-0.39, 0.29) is 0 Å². The molecule has 0 aliphatic carbocycles. The van der Waals surface area contributed by atoms with Crippen LogP contribution in [0.1, 0.15) is 53.4 Å². The fraction of sp³-hybridized carbons (Fsp3) is 0.733. The number of halogens is 3. The minimum absolute atomic E-state index is 0.391. The Morgan fingerprint density at radius 2 is 1.85 bits per heavy atom. The highest BCUT2D eigenvalue weighted by Crippen LogP contribution is 2.19. The van der Waals surface area contributed by atoms with Crippen molar-refractivity contribution in [2.24, 2.45) is 10.9 Å². The highest BCUT2D eigenvalue weighted by atomic mass is 19.4. The second-order valence-electron chi connectivity index (χ2n) is 5.41. The molecule has 0 aromatic rings. The van der Waals surface area contributed by atoms with Crippen LogP contribution in [0.25, 0.3) is 0 Å². The first kappa shape index (κ1) is 18.7. The molecule has 114 valence electrons. The van der Waals surface area contributed by atoms with Crippen LogP contribution in [0.3, 0.4) is 0 Å². The summed E-state index contributed by atoms with van der Waals surface area (Å²) >= 11 is 0. The van der Waals surface area contributed by atoms with Crippen LogP contribution in [0.4, 0.5) is 13.2 Å². The first-order valence-electron chi connectivity index (χ1n) is 6.87.